The van der Waals surface area contributed by atoms with Gasteiger partial charge in [0, 0.05) is 19.0 Å². The average molecular weight is 372 g/mol. The summed E-state index contributed by atoms with van der Waals surface area (Å²) in [5, 5.41) is 13.5. The first-order chi connectivity index (χ1) is 12.3. The van der Waals surface area contributed by atoms with Gasteiger partial charge in [0.15, 0.2) is 16.8 Å². The zero-order valence-corrected chi connectivity index (χ0v) is 17.0. The van der Waals surface area contributed by atoms with Gasteiger partial charge in [0.1, 0.15) is 0 Å². The summed E-state index contributed by atoms with van der Waals surface area (Å²) >= 11 is 1.56. The number of aryl methyl sites for hydroxylation is 1. The fraction of sp³-hybridized carbons (Fsp3) is 0.474. The van der Waals surface area contributed by atoms with Crippen molar-refractivity contribution in [2.24, 2.45) is 7.05 Å². The Kier molecular flexibility index (Phi) is 5.18. The first-order valence-electron chi connectivity index (χ1n) is 8.79. The third-order valence-corrected chi connectivity index (χ3v) is 5.40. The molecule has 0 radical (unpaired) electrons. The molecule has 0 fully saturated rings. The van der Waals surface area contributed by atoms with E-state index in [9.17, 15) is 0 Å². The Balaban J connectivity index is 1.79. The summed E-state index contributed by atoms with van der Waals surface area (Å²) in [5.74, 6) is 2.19. The van der Waals surface area contributed by atoms with Crippen LogP contribution in [0.15, 0.2) is 33.9 Å². The maximum Gasteiger partial charge on any atom is 0.239 e. The first-order valence-corrected chi connectivity index (χ1v) is 9.67. The standard InChI is InChI=1S/C19H25N5OS/c1-7-15-20-17(25-23-15)12(2)26-18-22-21-16(24(18)6)13-8-10-14(11-9-13)19(3,4)5/h8-12H,7H2,1-6H3. The molecule has 0 saturated heterocycles. The van der Waals surface area contributed by atoms with E-state index in [1.807, 2.05) is 25.5 Å². The molecule has 2 aromatic heterocycles. The van der Waals surface area contributed by atoms with Crippen molar-refractivity contribution in [3.05, 3.63) is 41.5 Å². The van der Waals surface area contributed by atoms with Crippen molar-refractivity contribution in [2.45, 2.75) is 56.9 Å². The van der Waals surface area contributed by atoms with E-state index in [4.69, 9.17) is 4.52 Å². The van der Waals surface area contributed by atoms with Gasteiger partial charge in [-0.2, -0.15) is 4.98 Å². The maximum atomic E-state index is 5.33. The number of benzene rings is 1. The van der Waals surface area contributed by atoms with Crippen LogP contribution in [0.3, 0.4) is 0 Å². The van der Waals surface area contributed by atoms with Gasteiger partial charge in [0.25, 0.3) is 0 Å². The predicted octanol–water partition coefficient (Wildman–Crippen LogP) is 4.58. The molecule has 2 heterocycles. The predicted molar refractivity (Wildman–Crippen MR) is 103 cm³/mol. The Hall–Kier alpha value is -2.15. The molecule has 0 bridgehead atoms. The minimum absolute atomic E-state index is 0.0156. The Bertz CT molecular complexity index is 876. The zero-order valence-electron chi connectivity index (χ0n) is 16.1. The molecule has 0 aliphatic heterocycles. The second-order valence-corrected chi connectivity index (χ2v) is 8.66. The zero-order chi connectivity index (χ0) is 18.9. The maximum absolute atomic E-state index is 5.33. The van der Waals surface area contributed by atoms with Crippen LogP contribution >= 0.6 is 11.8 Å². The normalized spacial score (nSPS) is 13.2. The minimum atomic E-state index is 0.0156. The van der Waals surface area contributed by atoms with Gasteiger partial charge in [-0.05, 0) is 17.9 Å². The highest BCUT2D eigenvalue weighted by Crippen LogP contribution is 2.34. The van der Waals surface area contributed by atoms with Crippen molar-refractivity contribution in [2.75, 3.05) is 0 Å². The van der Waals surface area contributed by atoms with Crippen molar-refractivity contribution < 1.29 is 4.52 Å². The number of rotatable bonds is 5. The highest BCUT2D eigenvalue weighted by atomic mass is 32.2. The van der Waals surface area contributed by atoms with Gasteiger partial charge in [-0.1, -0.05) is 68.9 Å². The van der Waals surface area contributed by atoms with Crippen LogP contribution in [-0.2, 0) is 18.9 Å². The van der Waals surface area contributed by atoms with Gasteiger partial charge in [0.05, 0.1) is 5.25 Å². The van der Waals surface area contributed by atoms with E-state index >= 15 is 0 Å². The number of thioether (sulfide) groups is 1. The lowest BCUT2D eigenvalue weighted by molar-refractivity contribution is 0.375. The Morgan fingerprint density at radius 1 is 1.15 bits per heavy atom. The number of hydrogen-bond acceptors (Lipinski definition) is 6. The van der Waals surface area contributed by atoms with E-state index in [1.165, 1.54) is 5.56 Å². The molecule has 6 nitrogen and oxygen atoms in total. The second-order valence-electron chi connectivity index (χ2n) is 7.36. The lowest BCUT2D eigenvalue weighted by atomic mass is 9.87. The number of hydrogen-bond donors (Lipinski definition) is 0. The molecule has 0 spiro atoms. The third-order valence-electron chi connectivity index (χ3n) is 4.27. The first kappa shape index (κ1) is 18.6. The highest BCUT2D eigenvalue weighted by molar-refractivity contribution is 7.99. The van der Waals surface area contributed by atoms with E-state index in [2.05, 4.69) is 65.4 Å². The highest BCUT2D eigenvalue weighted by Gasteiger charge is 2.20. The summed E-state index contributed by atoms with van der Waals surface area (Å²) in [4.78, 5) is 4.40. The summed E-state index contributed by atoms with van der Waals surface area (Å²) in [6.07, 6.45) is 0.763. The molecule has 0 aliphatic rings. The molecule has 1 unspecified atom stereocenters. The molecule has 138 valence electrons. The monoisotopic (exact) mass is 371 g/mol. The average Bonchev–Trinajstić information content (AvgIpc) is 3.22. The summed E-state index contributed by atoms with van der Waals surface area (Å²) < 4.78 is 7.33. The van der Waals surface area contributed by atoms with E-state index in [-0.39, 0.29) is 10.7 Å². The van der Waals surface area contributed by atoms with Gasteiger partial charge >= 0.3 is 0 Å². The molecular formula is C19H25N5OS. The van der Waals surface area contributed by atoms with Crippen molar-refractivity contribution >= 4 is 11.8 Å². The van der Waals surface area contributed by atoms with Crippen LogP contribution in [0.1, 0.15) is 57.1 Å². The number of nitrogens with zero attached hydrogens (tertiary/aromatic N) is 5. The minimum Gasteiger partial charge on any atom is -0.338 e. The third kappa shape index (κ3) is 3.82. The fourth-order valence-corrected chi connectivity index (χ4v) is 3.42. The topological polar surface area (TPSA) is 69.6 Å². The summed E-state index contributed by atoms with van der Waals surface area (Å²) in [7, 11) is 1.98. The van der Waals surface area contributed by atoms with Gasteiger partial charge in [-0.3, -0.25) is 0 Å². The molecule has 1 atom stereocenters. The lowest BCUT2D eigenvalue weighted by Crippen LogP contribution is -2.10. The lowest BCUT2D eigenvalue weighted by Gasteiger charge is -2.19. The molecule has 26 heavy (non-hydrogen) atoms. The smallest absolute Gasteiger partial charge is 0.239 e. The Morgan fingerprint density at radius 3 is 2.42 bits per heavy atom. The molecule has 0 amide bonds. The van der Waals surface area contributed by atoms with Crippen molar-refractivity contribution in [3.63, 3.8) is 0 Å². The second kappa shape index (κ2) is 7.23. The molecule has 0 aliphatic carbocycles. The van der Waals surface area contributed by atoms with E-state index in [0.29, 0.717) is 5.89 Å². The largest absolute Gasteiger partial charge is 0.338 e. The Morgan fingerprint density at radius 2 is 1.85 bits per heavy atom. The van der Waals surface area contributed by atoms with Gasteiger partial charge in [-0.15, -0.1) is 10.2 Å². The molecule has 3 rings (SSSR count). The van der Waals surface area contributed by atoms with Gasteiger partial charge in [0.2, 0.25) is 5.89 Å². The van der Waals surface area contributed by atoms with E-state index in [1.54, 1.807) is 11.8 Å². The van der Waals surface area contributed by atoms with Crippen LogP contribution in [-0.4, -0.2) is 24.9 Å². The van der Waals surface area contributed by atoms with Gasteiger partial charge in [-0.25, -0.2) is 0 Å². The van der Waals surface area contributed by atoms with Crippen LogP contribution in [0.25, 0.3) is 11.4 Å². The molecule has 0 saturated carbocycles. The van der Waals surface area contributed by atoms with Gasteiger partial charge < -0.3 is 9.09 Å². The SMILES string of the molecule is CCc1noc(C(C)Sc2nnc(-c3ccc(C(C)(C)C)cc3)n2C)n1. The van der Waals surface area contributed by atoms with Crippen LogP contribution in [0.2, 0.25) is 0 Å². The van der Waals surface area contributed by atoms with E-state index < -0.39 is 0 Å². The van der Waals surface area contributed by atoms with Crippen LogP contribution in [0, 0.1) is 0 Å². The molecule has 0 N–H and O–H groups in total. The Labute approximate surface area is 158 Å². The molecule has 3 aromatic rings. The van der Waals surface area contributed by atoms with Crippen molar-refractivity contribution in [1.29, 1.82) is 0 Å². The summed E-state index contributed by atoms with van der Waals surface area (Å²) in [6, 6.07) is 8.52. The molecule has 7 heteroatoms. The van der Waals surface area contributed by atoms with Crippen LogP contribution in [0.4, 0.5) is 0 Å². The molecule has 1 aromatic carbocycles. The summed E-state index contributed by atoms with van der Waals surface area (Å²) in [6.45, 7) is 10.7. The fourth-order valence-electron chi connectivity index (χ4n) is 2.57. The quantitative estimate of drug-likeness (QED) is 0.612. The van der Waals surface area contributed by atoms with Crippen LogP contribution < -0.4 is 0 Å². The number of aromatic nitrogens is 5. The molecular weight excluding hydrogens is 346 g/mol. The van der Waals surface area contributed by atoms with Crippen LogP contribution in [0.5, 0.6) is 0 Å². The van der Waals surface area contributed by atoms with Crippen molar-refractivity contribution in [3.8, 4) is 11.4 Å². The summed E-state index contributed by atoms with van der Waals surface area (Å²) in [5.41, 5.74) is 2.49. The van der Waals surface area contributed by atoms with E-state index in [0.717, 1.165) is 28.8 Å². The van der Waals surface area contributed by atoms with Crippen molar-refractivity contribution in [1.82, 2.24) is 24.9 Å².